The van der Waals surface area contributed by atoms with E-state index in [4.69, 9.17) is 20.9 Å². The van der Waals surface area contributed by atoms with E-state index in [1.165, 1.54) is 14.2 Å². The summed E-state index contributed by atoms with van der Waals surface area (Å²) in [7, 11) is 2.76. The van der Waals surface area contributed by atoms with Crippen LogP contribution in [0.5, 0.6) is 11.5 Å². The number of fused-ring (bicyclic) bond motifs is 1. The molecular formula is C18H19N5O5. The van der Waals surface area contributed by atoms with E-state index in [2.05, 4.69) is 14.8 Å². The topological polar surface area (TPSA) is 146 Å². The van der Waals surface area contributed by atoms with E-state index in [1.54, 1.807) is 36.4 Å². The van der Waals surface area contributed by atoms with Crippen molar-refractivity contribution in [1.29, 1.82) is 0 Å². The van der Waals surface area contributed by atoms with Crippen LogP contribution in [-0.4, -0.2) is 40.6 Å². The number of ether oxygens (including phenoxy) is 2. The van der Waals surface area contributed by atoms with Crippen LogP contribution in [0.15, 0.2) is 36.4 Å². The Kier molecular flexibility index (Phi) is 5.54. The number of rotatable bonds is 6. The molecule has 0 aliphatic rings. The Morgan fingerprint density at radius 2 is 1.93 bits per heavy atom. The minimum Gasteiger partial charge on any atom is -0.496 e. The molecule has 0 fully saturated rings. The van der Waals surface area contributed by atoms with Gasteiger partial charge in [-0.25, -0.2) is 9.78 Å². The first kappa shape index (κ1) is 19.3. The molecule has 5 N–H and O–H groups in total. The Morgan fingerprint density at radius 3 is 2.64 bits per heavy atom. The zero-order chi connectivity index (χ0) is 20.3. The monoisotopic (exact) mass is 385 g/mol. The molecule has 3 aromatic rings. The minimum atomic E-state index is -0.644. The minimum absolute atomic E-state index is 0.0477. The first-order valence-corrected chi connectivity index (χ1v) is 8.13. The highest BCUT2D eigenvalue weighted by Crippen LogP contribution is 2.27. The number of nitrogens with two attached hydrogens (primary N) is 2. The molecule has 1 heterocycles. The molecule has 10 nitrogen and oxygen atoms in total. The van der Waals surface area contributed by atoms with Crippen LogP contribution in [0.25, 0.3) is 10.9 Å². The maximum absolute atomic E-state index is 12.7. The maximum atomic E-state index is 12.7. The molecule has 0 aliphatic heterocycles. The van der Waals surface area contributed by atoms with Crippen LogP contribution in [0.2, 0.25) is 0 Å². The Bertz CT molecular complexity index is 1030. The lowest BCUT2D eigenvalue weighted by atomic mass is 10.1. The number of hydrogen-bond acceptors (Lipinski definition) is 10. The molecule has 0 spiro atoms. The number of esters is 1. The number of nitrogen functional groups attached to an aromatic ring is 2. The second kappa shape index (κ2) is 8.05. The summed E-state index contributed by atoms with van der Waals surface area (Å²) in [5, 5.41) is 10.6. The number of benzene rings is 2. The SMILES string of the molecule is COc1ccc(CN(O)OC)cc1C(=O)Oc1ccc2nc(N)nc(N)c2c1. The van der Waals surface area contributed by atoms with Crippen molar-refractivity contribution in [2.45, 2.75) is 6.54 Å². The second-order valence-electron chi connectivity index (χ2n) is 5.76. The van der Waals surface area contributed by atoms with Gasteiger partial charge in [0.1, 0.15) is 22.9 Å². The Morgan fingerprint density at radius 1 is 1.14 bits per heavy atom. The molecule has 0 saturated carbocycles. The summed E-state index contributed by atoms with van der Waals surface area (Å²) in [6.45, 7) is 0.0477. The standard InChI is InChI=1S/C18H19N5O5/c1-26-15-6-3-10(9-23(25)27-2)7-13(15)17(24)28-11-4-5-14-12(8-11)16(19)22-18(20)21-14/h3-8,25H,9H2,1-2H3,(H4,19,20,21,22). The van der Waals surface area contributed by atoms with Gasteiger partial charge in [0, 0.05) is 5.39 Å². The van der Waals surface area contributed by atoms with Crippen molar-refractivity contribution in [3.63, 3.8) is 0 Å². The van der Waals surface area contributed by atoms with Gasteiger partial charge in [-0.1, -0.05) is 11.3 Å². The van der Waals surface area contributed by atoms with Crippen LogP contribution in [0.3, 0.4) is 0 Å². The van der Waals surface area contributed by atoms with E-state index >= 15 is 0 Å². The number of hydroxylamine groups is 2. The highest BCUT2D eigenvalue weighted by atomic mass is 16.9. The van der Waals surface area contributed by atoms with Crippen LogP contribution < -0.4 is 20.9 Å². The first-order valence-electron chi connectivity index (χ1n) is 8.13. The normalized spacial score (nSPS) is 11.0. The fourth-order valence-corrected chi connectivity index (χ4v) is 2.61. The third-order valence-electron chi connectivity index (χ3n) is 3.94. The van der Waals surface area contributed by atoms with Gasteiger partial charge >= 0.3 is 5.97 Å². The smallest absolute Gasteiger partial charge is 0.347 e. The Balaban J connectivity index is 1.89. The zero-order valence-electron chi connectivity index (χ0n) is 15.2. The van der Waals surface area contributed by atoms with Crippen LogP contribution in [0.4, 0.5) is 11.8 Å². The number of carbonyl (C=O) groups is 1. The van der Waals surface area contributed by atoms with Gasteiger partial charge < -0.3 is 20.9 Å². The summed E-state index contributed by atoms with van der Waals surface area (Å²) in [6.07, 6.45) is 0. The molecule has 0 radical (unpaired) electrons. The van der Waals surface area contributed by atoms with E-state index in [0.29, 0.717) is 27.4 Å². The number of methoxy groups -OCH3 is 1. The van der Waals surface area contributed by atoms with Gasteiger partial charge in [0.2, 0.25) is 5.95 Å². The van der Waals surface area contributed by atoms with Gasteiger partial charge in [-0.15, -0.1) is 0 Å². The van der Waals surface area contributed by atoms with E-state index in [0.717, 1.165) is 0 Å². The van der Waals surface area contributed by atoms with Crippen molar-refractivity contribution >= 4 is 28.6 Å². The average molecular weight is 385 g/mol. The van der Waals surface area contributed by atoms with Crippen LogP contribution in [0.1, 0.15) is 15.9 Å². The number of carbonyl (C=O) groups excluding carboxylic acids is 1. The number of nitrogens with zero attached hydrogens (tertiary/aromatic N) is 3. The first-order chi connectivity index (χ1) is 13.4. The highest BCUT2D eigenvalue weighted by Gasteiger charge is 2.17. The van der Waals surface area contributed by atoms with Gasteiger partial charge in [-0.05, 0) is 35.9 Å². The van der Waals surface area contributed by atoms with Crippen molar-refractivity contribution in [2.24, 2.45) is 0 Å². The number of aromatic nitrogens is 2. The van der Waals surface area contributed by atoms with Gasteiger partial charge in [0.25, 0.3) is 0 Å². The Hall–Kier alpha value is -3.47. The molecule has 2 aromatic carbocycles. The molecule has 28 heavy (non-hydrogen) atoms. The molecule has 10 heteroatoms. The molecule has 1 aromatic heterocycles. The lowest BCUT2D eigenvalue weighted by Gasteiger charge is -2.14. The van der Waals surface area contributed by atoms with Crippen molar-refractivity contribution in [3.05, 3.63) is 47.5 Å². The molecule has 0 saturated heterocycles. The van der Waals surface area contributed by atoms with E-state index in [9.17, 15) is 10.0 Å². The third kappa shape index (κ3) is 4.09. The third-order valence-corrected chi connectivity index (χ3v) is 3.94. The van der Waals surface area contributed by atoms with E-state index in [1.807, 2.05) is 0 Å². The van der Waals surface area contributed by atoms with Crippen molar-refractivity contribution in [3.8, 4) is 11.5 Å². The quantitative estimate of drug-likeness (QED) is 0.326. The summed E-state index contributed by atoms with van der Waals surface area (Å²) in [6, 6.07) is 9.59. The molecule has 0 aliphatic carbocycles. The summed E-state index contributed by atoms with van der Waals surface area (Å²) in [5.74, 6) is 0.181. The predicted molar refractivity (Wildman–Crippen MR) is 101 cm³/mol. The van der Waals surface area contributed by atoms with Crippen LogP contribution >= 0.6 is 0 Å². The molecule has 0 unspecified atom stereocenters. The van der Waals surface area contributed by atoms with Crippen LogP contribution in [-0.2, 0) is 11.4 Å². The summed E-state index contributed by atoms with van der Waals surface area (Å²) >= 11 is 0. The largest absolute Gasteiger partial charge is 0.496 e. The lowest BCUT2D eigenvalue weighted by molar-refractivity contribution is -0.333. The molecule has 0 amide bonds. The lowest BCUT2D eigenvalue weighted by Crippen LogP contribution is -2.17. The molecular weight excluding hydrogens is 366 g/mol. The van der Waals surface area contributed by atoms with E-state index < -0.39 is 5.97 Å². The molecule has 3 rings (SSSR count). The van der Waals surface area contributed by atoms with Gasteiger partial charge in [0.05, 0.1) is 26.3 Å². The number of anilines is 2. The average Bonchev–Trinajstić information content (AvgIpc) is 2.68. The van der Waals surface area contributed by atoms with E-state index in [-0.39, 0.29) is 29.6 Å². The zero-order valence-corrected chi connectivity index (χ0v) is 15.2. The van der Waals surface area contributed by atoms with Gasteiger partial charge in [-0.2, -0.15) is 4.98 Å². The fourth-order valence-electron chi connectivity index (χ4n) is 2.61. The molecule has 0 bridgehead atoms. The highest BCUT2D eigenvalue weighted by molar-refractivity contribution is 5.95. The van der Waals surface area contributed by atoms with Crippen molar-refractivity contribution < 1.29 is 24.3 Å². The van der Waals surface area contributed by atoms with Crippen molar-refractivity contribution in [2.75, 3.05) is 25.7 Å². The molecule has 0 atom stereocenters. The maximum Gasteiger partial charge on any atom is 0.347 e. The number of hydrogen-bond donors (Lipinski definition) is 3. The summed E-state index contributed by atoms with van der Waals surface area (Å²) in [4.78, 5) is 25.3. The Labute approximate surface area is 160 Å². The predicted octanol–water partition coefficient (Wildman–Crippen LogP) is 1.77. The van der Waals surface area contributed by atoms with Gasteiger partial charge in [0.15, 0.2) is 0 Å². The summed E-state index contributed by atoms with van der Waals surface area (Å²) in [5.41, 5.74) is 12.8. The fraction of sp³-hybridized carbons (Fsp3) is 0.167. The van der Waals surface area contributed by atoms with Gasteiger partial charge in [-0.3, -0.25) is 10.0 Å². The van der Waals surface area contributed by atoms with Crippen molar-refractivity contribution in [1.82, 2.24) is 15.2 Å². The van der Waals surface area contributed by atoms with Crippen LogP contribution in [0, 0.1) is 0 Å². The summed E-state index contributed by atoms with van der Waals surface area (Å²) < 4.78 is 10.7. The second-order valence-corrected chi connectivity index (χ2v) is 5.76. The molecule has 146 valence electrons.